The van der Waals surface area contributed by atoms with E-state index >= 15 is 0 Å². The average Bonchev–Trinajstić information content (AvgIpc) is 2.74. The fraction of sp³-hybridized carbons (Fsp3) is 0.381. The fourth-order valence-corrected chi connectivity index (χ4v) is 4.71. The lowest BCUT2D eigenvalue weighted by Crippen LogP contribution is -2.41. The third-order valence-electron chi connectivity index (χ3n) is 4.87. The van der Waals surface area contributed by atoms with E-state index in [1.807, 2.05) is 48.5 Å². The number of guanidine groups is 1. The van der Waals surface area contributed by atoms with Crippen LogP contribution in [0, 0.1) is 0 Å². The summed E-state index contributed by atoms with van der Waals surface area (Å²) in [6.07, 6.45) is 0.980. The number of sulfonamides is 1. The van der Waals surface area contributed by atoms with Gasteiger partial charge in [-0.2, -0.15) is 4.31 Å². The predicted octanol–water partition coefficient (Wildman–Crippen LogP) is 2.34. The number of anilines is 1. The van der Waals surface area contributed by atoms with Gasteiger partial charge >= 0.3 is 0 Å². The second kappa shape index (κ2) is 9.87. The van der Waals surface area contributed by atoms with Gasteiger partial charge in [-0.3, -0.25) is 0 Å². The highest BCUT2D eigenvalue weighted by Gasteiger charge is 2.25. The van der Waals surface area contributed by atoms with Crippen molar-refractivity contribution in [1.29, 1.82) is 0 Å². The van der Waals surface area contributed by atoms with Crippen LogP contribution in [0.3, 0.4) is 0 Å². The molecule has 0 bridgehead atoms. The molecule has 1 aliphatic rings. The largest absolute Gasteiger partial charge is 0.379 e. The molecule has 0 atom stereocenters. The normalized spacial score (nSPS) is 16.0. The van der Waals surface area contributed by atoms with Gasteiger partial charge in [0, 0.05) is 18.8 Å². The maximum Gasteiger partial charge on any atom is 0.218 e. The van der Waals surface area contributed by atoms with E-state index in [2.05, 4.69) is 17.2 Å². The number of hydrogen-bond donors (Lipinski definition) is 2. The highest BCUT2D eigenvalue weighted by Crippen LogP contribution is 2.17. The third-order valence-corrected chi connectivity index (χ3v) is 6.70. The number of benzene rings is 2. The molecule has 0 unspecified atom stereocenters. The quantitative estimate of drug-likeness (QED) is 0.533. The van der Waals surface area contributed by atoms with Crippen molar-refractivity contribution in [2.75, 3.05) is 31.6 Å². The number of nitrogens with zero attached hydrogens (tertiary/aromatic N) is 2. The van der Waals surface area contributed by atoms with E-state index in [1.54, 1.807) is 0 Å². The first-order chi connectivity index (χ1) is 14.0. The molecule has 0 saturated carbocycles. The molecule has 0 aliphatic carbocycles. The monoisotopic (exact) mass is 416 g/mol. The minimum Gasteiger partial charge on any atom is -0.379 e. The molecule has 1 aliphatic heterocycles. The molecular formula is C21H28N4O3S. The van der Waals surface area contributed by atoms with Gasteiger partial charge in [0.1, 0.15) is 0 Å². The number of rotatable bonds is 7. The average molecular weight is 417 g/mol. The van der Waals surface area contributed by atoms with Crippen LogP contribution in [-0.2, 0) is 33.5 Å². The topological polar surface area (TPSA) is 97.0 Å². The minimum atomic E-state index is -3.39. The van der Waals surface area contributed by atoms with Crippen LogP contribution in [0.2, 0.25) is 0 Å². The number of aliphatic imine (C=N–C) groups is 1. The highest BCUT2D eigenvalue weighted by molar-refractivity contribution is 7.88. The molecule has 3 N–H and O–H groups in total. The first-order valence-corrected chi connectivity index (χ1v) is 11.4. The van der Waals surface area contributed by atoms with Gasteiger partial charge < -0.3 is 15.8 Å². The van der Waals surface area contributed by atoms with Crippen LogP contribution in [-0.4, -0.2) is 45.0 Å². The van der Waals surface area contributed by atoms with Gasteiger partial charge in [-0.05, 0) is 35.2 Å². The van der Waals surface area contributed by atoms with E-state index in [4.69, 9.17) is 10.5 Å². The molecule has 1 heterocycles. The first-order valence-electron chi connectivity index (χ1n) is 9.76. The summed E-state index contributed by atoms with van der Waals surface area (Å²) in [5.74, 6) is 0.241. The Labute approximate surface area is 172 Å². The standard InChI is InChI=1S/C21H28N4O3S/c1-2-17-7-9-20(10-8-17)24-21(22)23-15-18-5-3-4-6-19(18)16-29(26,27)25-11-13-28-14-12-25/h3-10H,2,11-16H2,1H3,(H3,22,23,24). The molecule has 156 valence electrons. The number of morpholine rings is 1. The van der Waals surface area contributed by atoms with Crippen molar-refractivity contribution in [2.45, 2.75) is 25.6 Å². The predicted molar refractivity (Wildman–Crippen MR) is 116 cm³/mol. The number of aryl methyl sites for hydroxylation is 1. The molecule has 8 heteroatoms. The molecule has 2 aromatic rings. The molecule has 1 fully saturated rings. The van der Waals surface area contributed by atoms with Crippen molar-refractivity contribution < 1.29 is 13.2 Å². The van der Waals surface area contributed by atoms with Crippen LogP contribution in [0.4, 0.5) is 5.69 Å². The van der Waals surface area contributed by atoms with Crippen LogP contribution in [0.5, 0.6) is 0 Å². The SMILES string of the molecule is CCc1ccc(NC(N)=NCc2ccccc2CS(=O)(=O)N2CCOCC2)cc1. The molecule has 0 aromatic heterocycles. The van der Waals surface area contributed by atoms with E-state index in [9.17, 15) is 8.42 Å². The lowest BCUT2D eigenvalue weighted by Gasteiger charge is -2.26. The first kappa shape index (κ1) is 21.3. The van der Waals surface area contributed by atoms with Gasteiger partial charge in [-0.25, -0.2) is 13.4 Å². The Bertz CT molecular complexity index is 937. The third kappa shape index (κ3) is 6.03. The van der Waals surface area contributed by atoms with E-state index in [0.29, 0.717) is 38.8 Å². The number of ether oxygens (including phenoxy) is 1. The summed E-state index contributed by atoms with van der Waals surface area (Å²) in [5.41, 5.74) is 9.72. The number of nitrogens with two attached hydrogens (primary N) is 1. The zero-order chi connectivity index (χ0) is 20.7. The molecule has 0 radical (unpaired) electrons. The van der Waals surface area contributed by atoms with Crippen molar-refractivity contribution in [1.82, 2.24) is 4.31 Å². The Hall–Kier alpha value is -2.42. The van der Waals surface area contributed by atoms with Gasteiger partial charge in [0.15, 0.2) is 5.96 Å². The minimum absolute atomic E-state index is 0.0511. The Morgan fingerprint density at radius 3 is 2.41 bits per heavy atom. The Morgan fingerprint density at radius 2 is 1.76 bits per heavy atom. The van der Waals surface area contributed by atoms with Crippen LogP contribution < -0.4 is 11.1 Å². The van der Waals surface area contributed by atoms with E-state index in [-0.39, 0.29) is 5.75 Å². The van der Waals surface area contributed by atoms with Crippen LogP contribution in [0.1, 0.15) is 23.6 Å². The molecular weight excluding hydrogens is 388 g/mol. The molecule has 2 aromatic carbocycles. The van der Waals surface area contributed by atoms with Crippen molar-refractivity contribution in [3.05, 3.63) is 65.2 Å². The highest BCUT2D eigenvalue weighted by atomic mass is 32.2. The number of nitrogens with one attached hydrogen (secondary N) is 1. The summed E-state index contributed by atoms with van der Waals surface area (Å²) in [6.45, 7) is 4.08. The van der Waals surface area contributed by atoms with Gasteiger partial charge in [-0.15, -0.1) is 0 Å². The summed E-state index contributed by atoms with van der Waals surface area (Å²) >= 11 is 0. The lowest BCUT2D eigenvalue weighted by atomic mass is 10.1. The van der Waals surface area contributed by atoms with E-state index < -0.39 is 10.0 Å². The Morgan fingerprint density at radius 1 is 1.10 bits per heavy atom. The molecule has 7 nitrogen and oxygen atoms in total. The van der Waals surface area contributed by atoms with Crippen LogP contribution in [0.15, 0.2) is 53.5 Å². The molecule has 0 amide bonds. The number of hydrogen-bond acceptors (Lipinski definition) is 4. The zero-order valence-electron chi connectivity index (χ0n) is 16.7. The van der Waals surface area contributed by atoms with E-state index in [1.165, 1.54) is 9.87 Å². The summed E-state index contributed by atoms with van der Waals surface area (Å²) in [4.78, 5) is 4.39. The fourth-order valence-electron chi connectivity index (χ4n) is 3.15. The van der Waals surface area contributed by atoms with Gasteiger partial charge in [0.2, 0.25) is 10.0 Å². The smallest absolute Gasteiger partial charge is 0.218 e. The van der Waals surface area contributed by atoms with Gasteiger partial charge in [-0.1, -0.05) is 43.3 Å². The second-order valence-corrected chi connectivity index (χ2v) is 8.88. The van der Waals surface area contributed by atoms with Gasteiger partial charge in [0.05, 0.1) is 25.5 Å². The lowest BCUT2D eigenvalue weighted by molar-refractivity contribution is 0.0729. The zero-order valence-corrected chi connectivity index (χ0v) is 17.5. The van der Waals surface area contributed by atoms with Crippen molar-refractivity contribution in [3.8, 4) is 0 Å². The Kier molecular flexibility index (Phi) is 7.24. The van der Waals surface area contributed by atoms with Crippen LogP contribution >= 0.6 is 0 Å². The van der Waals surface area contributed by atoms with Crippen molar-refractivity contribution >= 4 is 21.7 Å². The summed E-state index contributed by atoms with van der Waals surface area (Å²) < 4.78 is 32.2. The molecule has 1 saturated heterocycles. The Balaban J connectivity index is 1.67. The van der Waals surface area contributed by atoms with Crippen LogP contribution in [0.25, 0.3) is 0 Å². The summed E-state index contributed by atoms with van der Waals surface area (Å²) in [7, 11) is -3.39. The maximum absolute atomic E-state index is 12.7. The van der Waals surface area contributed by atoms with Crippen molar-refractivity contribution in [2.24, 2.45) is 10.7 Å². The maximum atomic E-state index is 12.7. The van der Waals surface area contributed by atoms with Crippen molar-refractivity contribution in [3.63, 3.8) is 0 Å². The molecule has 3 rings (SSSR count). The molecule has 29 heavy (non-hydrogen) atoms. The second-order valence-electron chi connectivity index (χ2n) is 6.91. The molecule has 0 spiro atoms. The van der Waals surface area contributed by atoms with E-state index in [0.717, 1.165) is 23.2 Å². The summed E-state index contributed by atoms with van der Waals surface area (Å²) in [5, 5.41) is 3.07. The summed E-state index contributed by atoms with van der Waals surface area (Å²) in [6, 6.07) is 15.4. The van der Waals surface area contributed by atoms with Gasteiger partial charge in [0.25, 0.3) is 0 Å².